The Morgan fingerprint density at radius 3 is 2.72 bits per heavy atom. The highest BCUT2D eigenvalue weighted by Crippen LogP contribution is 2.33. The summed E-state index contributed by atoms with van der Waals surface area (Å²) in [5, 5.41) is 9.16. The van der Waals surface area contributed by atoms with Crippen LogP contribution in [0.5, 0.6) is 5.75 Å². The van der Waals surface area contributed by atoms with Gasteiger partial charge in [-0.05, 0) is 31.7 Å². The molecule has 1 unspecified atom stereocenters. The molecule has 0 fully saturated rings. The van der Waals surface area contributed by atoms with Crippen LogP contribution in [0.1, 0.15) is 29.2 Å². The number of carbonyl (C=O) groups excluding carboxylic acids is 1. The van der Waals surface area contributed by atoms with Crippen molar-refractivity contribution in [3.63, 3.8) is 0 Å². The van der Waals surface area contributed by atoms with Gasteiger partial charge in [0.25, 0.3) is 5.91 Å². The Hall–Kier alpha value is -2.66. The monoisotopic (exact) mass is 337 g/mol. The van der Waals surface area contributed by atoms with Crippen LogP contribution in [0.15, 0.2) is 53.6 Å². The van der Waals surface area contributed by atoms with Crippen molar-refractivity contribution in [1.29, 1.82) is 0 Å². The smallest absolute Gasteiger partial charge is 0.257 e. The number of aryl methyl sites for hydroxylation is 1. The van der Waals surface area contributed by atoms with Gasteiger partial charge in [0.15, 0.2) is 0 Å². The van der Waals surface area contributed by atoms with E-state index in [1.807, 2.05) is 24.3 Å². The third-order valence-corrected chi connectivity index (χ3v) is 4.36. The number of amides is 1. The molecule has 0 saturated heterocycles. The molecule has 130 valence electrons. The van der Waals surface area contributed by atoms with E-state index < -0.39 is 0 Å². The number of ether oxygens (including phenoxy) is 1. The first-order valence-electron chi connectivity index (χ1n) is 8.37. The van der Waals surface area contributed by atoms with Crippen LogP contribution in [-0.4, -0.2) is 37.3 Å². The van der Waals surface area contributed by atoms with Crippen molar-refractivity contribution in [3.8, 4) is 5.75 Å². The Bertz CT molecular complexity index is 784. The number of hydrazone groups is 1. The highest BCUT2D eigenvalue weighted by molar-refractivity contribution is 6.03. The lowest BCUT2D eigenvalue weighted by Gasteiger charge is -2.22. The Labute approximate surface area is 148 Å². The van der Waals surface area contributed by atoms with Gasteiger partial charge in [0.2, 0.25) is 0 Å². The maximum atomic E-state index is 12.5. The second-order valence-electron chi connectivity index (χ2n) is 6.18. The molecular formula is C20H23N3O2. The van der Waals surface area contributed by atoms with Gasteiger partial charge in [-0.3, -0.25) is 4.79 Å². The SMILES string of the molecule is CNCC(=O)N1N=C(c2cccc(OC)c2)CC1c1ccc(C)cc1. The first-order valence-corrected chi connectivity index (χ1v) is 8.37. The van der Waals surface area contributed by atoms with E-state index in [2.05, 4.69) is 41.6 Å². The van der Waals surface area contributed by atoms with E-state index >= 15 is 0 Å². The minimum absolute atomic E-state index is 0.0361. The fraction of sp³-hybridized carbons (Fsp3) is 0.300. The topological polar surface area (TPSA) is 53.9 Å². The van der Waals surface area contributed by atoms with Crippen LogP contribution in [0.3, 0.4) is 0 Å². The molecule has 0 spiro atoms. The summed E-state index contributed by atoms with van der Waals surface area (Å²) in [5.74, 6) is 0.748. The molecule has 1 atom stereocenters. The zero-order valence-corrected chi connectivity index (χ0v) is 14.8. The summed E-state index contributed by atoms with van der Waals surface area (Å²) in [5.41, 5.74) is 4.17. The standard InChI is InChI=1S/C20H23N3O2/c1-14-7-9-15(10-8-14)19-12-18(22-23(19)20(24)13-21-2)16-5-4-6-17(11-16)25-3/h4-11,19,21H,12-13H2,1-3H3. The predicted octanol–water partition coefficient (Wildman–Crippen LogP) is 2.90. The zero-order chi connectivity index (χ0) is 17.8. The van der Waals surface area contributed by atoms with Crippen molar-refractivity contribution in [1.82, 2.24) is 10.3 Å². The van der Waals surface area contributed by atoms with Crippen LogP contribution in [0.2, 0.25) is 0 Å². The number of rotatable bonds is 5. The van der Waals surface area contributed by atoms with E-state index in [1.54, 1.807) is 19.2 Å². The van der Waals surface area contributed by atoms with E-state index in [9.17, 15) is 4.79 Å². The molecule has 2 aromatic carbocycles. The summed E-state index contributed by atoms with van der Waals surface area (Å²) in [6.07, 6.45) is 0.686. The summed E-state index contributed by atoms with van der Waals surface area (Å²) >= 11 is 0. The van der Waals surface area contributed by atoms with Gasteiger partial charge in [-0.25, -0.2) is 5.01 Å². The molecule has 1 aliphatic heterocycles. The number of likely N-dealkylation sites (N-methyl/N-ethyl adjacent to an activating group) is 1. The third-order valence-electron chi connectivity index (χ3n) is 4.36. The molecule has 5 heteroatoms. The van der Waals surface area contributed by atoms with Gasteiger partial charge in [-0.2, -0.15) is 5.10 Å². The largest absolute Gasteiger partial charge is 0.497 e. The highest BCUT2D eigenvalue weighted by atomic mass is 16.5. The van der Waals surface area contributed by atoms with Crippen molar-refractivity contribution in [3.05, 3.63) is 65.2 Å². The first-order chi connectivity index (χ1) is 12.1. The first kappa shape index (κ1) is 17.2. The van der Waals surface area contributed by atoms with Crippen LogP contribution in [0.25, 0.3) is 0 Å². The molecular weight excluding hydrogens is 314 g/mol. The van der Waals surface area contributed by atoms with Gasteiger partial charge in [-0.1, -0.05) is 42.0 Å². The van der Waals surface area contributed by atoms with Crippen LogP contribution in [-0.2, 0) is 4.79 Å². The molecule has 1 aliphatic rings. The van der Waals surface area contributed by atoms with Gasteiger partial charge >= 0.3 is 0 Å². The van der Waals surface area contributed by atoms with E-state index in [4.69, 9.17) is 4.74 Å². The van der Waals surface area contributed by atoms with Gasteiger partial charge in [0.05, 0.1) is 25.4 Å². The van der Waals surface area contributed by atoms with Gasteiger partial charge in [0.1, 0.15) is 5.75 Å². The Morgan fingerprint density at radius 2 is 2.04 bits per heavy atom. The minimum Gasteiger partial charge on any atom is -0.497 e. The van der Waals surface area contributed by atoms with E-state index in [-0.39, 0.29) is 18.5 Å². The van der Waals surface area contributed by atoms with Gasteiger partial charge in [0, 0.05) is 12.0 Å². The summed E-state index contributed by atoms with van der Waals surface area (Å²) < 4.78 is 5.31. The summed E-state index contributed by atoms with van der Waals surface area (Å²) in [6, 6.07) is 16.0. The van der Waals surface area contributed by atoms with E-state index in [0.29, 0.717) is 6.42 Å². The van der Waals surface area contributed by atoms with Crippen LogP contribution in [0.4, 0.5) is 0 Å². The average molecular weight is 337 g/mol. The van der Waals surface area contributed by atoms with E-state index in [1.165, 1.54) is 5.56 Å². The zero-order valence-electron chi connectivity index (χ0n) is 14.8. The quantitative estimate of drug-likeness (QED) is 0.913. The van der Waals surface area contributed by atoms with Gasteiger partial charge < -0.3 is 10.1 Å². The number of nitrogens with one attached hydrogen (secondary N) is 1. The fourth-order valence-corrected chi connectivity index (χ4v) is 3.00. The van der Waals surface area contributed by atoms with Crippen molar-refractivity contribution >= 4 is 11.6 Å². The molecule has 3 rings (SSSR count). The molecule has 1 N–H and O–H groups in total. The molecule has 0 bridgehead atoms. The summed E-state index contributed by atoms with van der Waals surface area (Å²) in [7, 11) is 3.41. The minimum atomic E-state index is -0.0809. The Morgan fingerprint density at radius 1 is 1.28 bits per heavy atom. The average Bonchev–Trinajstić information content (AvgIpc) is 3.08. The van der Waals surface area contributed by atoms with Crippen molar-refractivity contribution in [2.24, 2.45) is 5.10 Å². The summed E-state index contributed by atoms with van der Waals surface area (Å²) in [4.78, 5) is 12.5. The number of carbonyl (C=O) groups is 1. The second kappa shape index (κ2) is 7.49. The Kier molecular flexibility index (Phi) is 5.14. The molecule has 25 heavy (non-hydrogen) atoms. The number of benzene rings is 2. The predicted molar refractivity (Wildman–Crippen MR) is 98.8 cm³/mol. The number of hydrogen-bond donors (Lipinski definition) is 1. The fourth-order valence-electron chi connectivity index (χ4n) is 3.00. The van der Waals surface area contributed by atoms with Gasteiger partial charge in [-0.15, -0.1) is 0 Å². The molecule has 5 nitrogen and oxygen atoms in total. The summed E-state index contributed by atoms with van der Waals surface area (Å²) in [6.45, 7) is 2.32. The molecule has 1 heterocycles. The molecule has 0 saturated carbocycles. The lowest BCUT2D eigenvalue weighted by atomic mass is 9.97. The van der Waals surface area contributed by atoms with Crippen LogP contribution < -0.4 is 10.1 Å². The lowest BCUT2D eigenvalue weighted by molar-refractivity contribution is -0.131. The maximum absolute atomic E-state index is 12.5. The molecule has 2 aromatic rings. The third kappa shape index (κ3) is 3.72. The molecule has 0 radical (unpaired) electrons. The Balaban J connectivity index is 1.94. The number of nitrogens with zero attached hydrogens (tertiary/aromatic N) is 2. The highest BCUT2D eigenvalue weighted by Gasteiger charge is 2.32. The maximum Gasteiger partial charge on any atom is 0.257 e. The number of hydrogen-bond acceptors (Lipinski definition) is 4. The van der Waals surface area contributed by atoms with Crippen molar-refractivity contribution < 1.29 is 9.53 Å². The molecule has 1 amide bonds. The normalized spacial score (nSPS) is 16.7. The second-order valence-corrected chi connectivity index (χ2v) is 6.18. The number of methoxy groups -OCH3 is 1. The van der Waals surface area contributed by atoms with Crippen molar-refractivity contribution in [2.45, 2.75) is 19.4 Å². The lowest BCUT2D eigenvalue weighted by Crippen LogP contribution is -2.34. The van der Waals surface area contributed by atoms with Crippen molar-refractivity contribution in [2.75, 3.05) is 20.7 Å². The molecule has 0 aromatic heterocycles. The van der Waals surface area contributed by atoms with Crippen LogP contribution in [0, 0.1) is 6.92 Å². The molecule has 0 aliphatic carbocycles. The van der Waals surface area contributed by atoms with Crippen LogP contribution >= 0.6 is 0 Å². The van der Waals surface area contributed by atoms with E-state index in [0.717, 1.165) is 22.6 Å².